The summed E-state index contributed by atoms with van der Waals surface area (Å²) >= 11 is 0. The van der Waals surface area contributed by atoms with Gasteiger partial charge in [0.05, 0.1) is 0 Å². The van der Waals surface area contributed by atoms with Gasteiger partial charge in [-0.3, -0.25) is 4.55 Å². The predicted octanol–water partition coefficient (Wildman–Crippen LogP) is -0.0847. The van der Waals surface area contributed by atoms with Crippen molar-refractivity contribution in [3.63, 3.8) is 0 Å². The highest BCUT2D eigenvalue weighted by Crippen LogP contribution is 2.19. The summed E-state index contributed by atoms with van der Waals surface area (Å²) in [7, 11) is -4.38. The fourth-order valence-electron chi connectivity index (χ4n) is 1.14. The van der Waals surface area contributed by atoms with Gasteiger partial charge in [-0.1, -0.05) is 10.9 Å². The van der Waals surface area contributed by atoms with E-state index in [2.05, 4.69) is 10.3 Å². The van der Waals surface area contributed by atoms with Crippen LogP contribution in [0.3, 0.4) is 0 Å². The van der Waals surface area contributed by atoms with Gasteiger partial charge in [-0.2, -0.15) is 8.42 Å². The molecule has 8 heteroatoms. The quantitative estimate of drug-likeness (QED) is 0.509. The van der Waals surface area contributed by atoms with E-state index in [4.69, 9.17) is 9.76 Å². The van der Waals surface area contributed by atoms with Gasteiger partial charge in [-0.15, -0.1) is 5.10 Å². The van der Waals surface area contributed by atoms with Gasteiger partial charge >= 0.3 is 0 Å². The average molecular weight is 215 g/mol. The number of nitrogens with zero attached hydrogens (tertiary/aromatic N) is 3. The van der Waals surface area contributed by atoms with Gasteiger partial charge in [-0.05, 0) is 17.3 Å². The van der Waals surface area contributed by atoms with E-state index in [0.717, 1.165) is 6.07 Å². The van der Waals surface area contributed by atoms with Crippen molar-refractivity contribution in [3.8, 4) is 0 Å². The molecule has 0 aliphatic heterocycles. The molecule has 2 N–H and O–H groups in total. The number of fused-ring (bicyclic) bond motifs is 1. The van der Waals surface area contributed by atoms with Crippen molar-refractivity contribution < 1.29 is 18.2 Å². The van der Waals surface area contributed by atoms with Gasteiger partial charge in [-0.25, -0.2) is 0 Å². The molecule has 0 saturated heterocycles. The molecule has 0 aliphatic rings. The Morgan fingerprint density at radius 2 is 2.07 bits per heavy atom. The number of hydrogen-bond acceptors (Lipinski definition) is 5. The van der Waals surface area contributed by atoms with E-state index >= 15 is 0 Å². The Bertz CT molecular complexity index is 588. The van der Waals surface area contributed by atoms with Crippen LogP contribution >= 0.6 is 0 Å². The third-order valence-electron chi connectivity index (χ3n) is 1.69. The van der Waals surface area contributed by atoms with Crippen molar-refractivity contribution in [1.29, 1.82) is 0 Å². The molecule has 2 rings (SSSR count). The summed E-state index contributed by atoms with van der Waals surface area (Å²) in [5.74, 6) is 0. The molecule has 0 aliphatic carbocycles. The smallest absolute Gasteiger partial charge is 0.296 e. The summed E-state index contributed by atoms with van der Waals surface area (Å²) in [5, 5.41) is 15.8. The molecule has 1 heterocycles. The highest BCUT2D eigenvalue weighted by atomic mass is 32.2. The minimum atomic E-state index is -4.38. The molecule has 7 nitrogen and oxygen atoms in total. The van der Waals surface area contributed by atoms with Crippen LogP contribution in [0.25, 0.3) is 11.0 Å². The van der Waals surface area contributed by atoms with Crippen LogP contribution < -0.4 is 0 Å². The highest BCUT2D eigenvalue weighted by molar-refractivity contribution is 7.86. The van der Waals surface area contributed by atoms with Gasteiger partial charge in [0.2, 0.25) is 0 Å². The Morgan fingerprint density at radius 1 is 1.36 bits per heavy atom. The molecule has 1 aromatic heterocycles. The van der Waals surface area contributed by atoms with Crippen molar-refractivity contribution in [2.45, 2.75) is 4.90 Å². The first kappa shape index (κ1) is 8.91. The van der Waals surface area contributed by atoms with Gasteiger partial charge < -0.3 is 5.21 Å². The highest BCUT2D eigenvalue weighted by Gasteiger charge is 2.18. The van der Waals surface area contributed by atoms with Crippen LogP contribution in [0.1, 0.15) is 0 Å². The summed E-state index contributed by atoms with van der Waals surface area (Å²) in [6.07, 6.45) is 0. The maximum absolute atomic E-state index is 10.9. The minimum absolute atomic E-state index is 0.144. The average Bonchev–Trinajstić information content (AvgIpc) is 2.46. The summed E-state index contributed by atoms with van der Waals surface area (Å²) in [4.78, 5) is -0.124. The summed E-state index contributed by atoms with van der Waals surface area (Å²) in [6, 6.07) is 4.00. The summed E-state index contributed by atoms with van der Waals surface area (Å²) in [6.45, 7) is 0. The fraction of sp³-hybridized carbons (Fsp3) is 0. The van der Waals surface area contributed by atoms with Gasteiger partial charge in [0.15, 0.2) is 5.52 Å². The zero-order chi connectivity index (χ0) is 10.3. The molecule has 0 saturated carbocycles. The van der Waals surface area contributed by atoms with Crippen molar-refractivity contribution in [3.05, 3.63) is 18.2 Å². The number of benzene rings is 1. The molecule has 0 atom stereocenters. The third-order valence-corrected chi connectivity index (χ3v) is 2.58. The minimum Gasteiger partial charge on any atom is -0.410 e. The maximum atomic E-state index is 10.9. The molecule has 0 bridgehead atoms. The van der Waals surface area contributed by atoms with E-state index in [1.807, 2.05) is 0 Å². The Labute approximate surface area is 78.3 Å². The van der Waals surface area contributed by atoms with Crippen LogP contribution in [-0.2, 0) is 10.1 Å². The van der Waals surface area contributed by atoms with E-state index in [0.29, 0.717) is 4.85 Å². The van der Waals surface area contributed by atoms with Gasteiger partial charge in [0, 0.05) is 0 Å². The van der Waals surface area contributed by atoms with Crippen LogP contribution in [0.5, 0.6) is 0 Å². The molecule has 0 spiro atoms. The molecule has 1 aromatic carbocycles. The number of para-hydroxylation sites is 1. The second-order valence-electron chi connectivity index (χ2n) is 2.58. The van der Waals surface area contributed by atoms with E-state index in [9.17, 15) is 8.42 Å². The molecular formula is C6H5N3O4S. The lowest BCUT2D eigenvalue weighted by Gasteiger charge is -1.98. The standard InChI is InChI=1S/C6H5N3O4S/c10-9-6-4(7-8-9)2-1-3-5(6)14(11,12)13/h1-3,10H,(H,11,12,13). The van der Waals surface area contributed by atoms with Crippen LogP contribution in [-0.4, -0.2) is 33.3 Å². The van der Waals surface area contributed by atoms with Crippen molar-refractivity contribution in [1.82, 2.24) is 15.2 Å². The van der Waals surface area contributed by atoms with Gasteiger partial charge in [0.25, 0.3) is 10.1 Å². The summed E-state index contributed by atoms with van der Waals surface area (Å²) in [5.41, 5.74) is 0.0395. The molecule has 0 unspecified atom stereocenters. The second kappa shape index (κ2) is 2.66. The molecule has 0 fully saturated rings. The number of rotatable bonds is 1. The van der Waals surface area contributed by atoms with E-state index in [1.54, 1.807) is 0 Å². The molecular weight excluding hydrogens is 210 g/mol. The first-order chi connectivity index (χ1) is 6.50. The van der Waals surface area contributed by atoms with Crippen molar-refractivity contribution >= 4 is 21.2 Å². The van der Waals surface area contributed by atoms with Crippen LogP contribution in [0.15, 0.2) is 23.1 Å². The topological polar surface area (TPSA) is 105 Å². The van der Waals surface area contributed by atoms with E-state index in [1.165, 1.54) is 12.1 Å². The van der Waals surface area contributed by atoms with Crippen molar-refractivity contribution in [2.24, 2.45) is 0 Å². The lowest BCUT2D eigenvalue weighted by atomic mass is 10.3. The predicted molar refractivity (Wildman–Crippen MR) is 44.5 cm³/mol. The zero-order valence-corrected chi connectivity index (χ0v) is 7.51. The monoisotopic (exact) mass is 215 g/mol. The number of aromatic nitrogens is 3. The maximum Gasteiger partial charge on any atom is 0.296 e. The van der Waals surface area contributed by atoms with Crippen LogP contribution in [0, 0.1) is 0 Å². The molecule has 2 aromatic rings. The van der Waals surface area contributed by atoms with Crippen molar-refractivity contribution in [2.75, 3.05) is 0 Å². The normalized spacial score (nSPS) is 12.1. The van der Waals surface area contributed by atoms with Crippen LogP contribution in [0.4, 0.5) is 0 Å². The molecule has 14 heavy (non-hydrogen) atoms. The Morgan fingerprint density at radius 3 is 2.71 bits per heavy atom. The number of hydrogen-bond donors (Lipinski definition) is 2. The fourth-order valence-corrected chi connectivity index (χ4v) is 1.82. The third kappa shape index (κ3) is 1.20. The molecule has 74 valence electrons. The zero-order valence-electron chi connectivity index (χ0n) is 6.69. The summed E-state index contributed by atoms with van der Waals surface area (Å²) < 4.78 is 30.6. The first-order valence-corrected chi connectivity index (χ1v) is 4.95. The Kier molecular flexibility index (Phi) is 1.69. The first-order valence-electron chi connectivity index (χ1n) is 3.51. The van der Waals surface area contributed by atoms with E-state index < -0.39 is 15.0 Å². The van der Waals surface area contributed by atoms with E-state index in [-0.39, 0.29) is 11.0 Å². The lowest BCUT2D eigenvalue weighted by Crippen LogP contribution is -2.02. The Balaban J connectivity index is 2.96. The largest absolute Gasteiger partial charge is 0.410 e. The SMILES string of the molecule is O=S(=O)(O)c1cccc2nnn(O)c12. The molecule has 0 radical (unpaired) electrons. The lowest BCUT2D eigenvalue weighted by molar-refractivity contribution is 0.153. The second-order valence-corrected chi connectivity index (χ2v) is 3.97. The molecule has 0 amide bonds. The van der Waals surface area contributed by atoms with Crippen LogP contribution in [0.2, 0.25) is 0 Å². The Hall–Kier alpha value is -1.67. The van der Waals surface area contributed by atoms with Gasteiger partial charge in [0.1, 0.15) is 10.4 Å².